The van der Waals surface area contributed by atoms with Crippen LogP contribution in [-0.4, -0.2) is 67.8 Å². The molecular weight excluding hydrogens is 323 g/mol. The number of nitrogens with zero attached hydrogens (tertiary/aromatic N) is 2. The van der Waals surface area contributed by atoms with Crippen LogP contribution in [0.3, 0.4) is 0 Å². The Morgan fingerprint density at radius 1 is 1.16 bits per heavy atom. The van der Waals surface area contributed by atoms with E-state index in [2.05, 4.69) is 4.90 Å². The first-order valence-corrected chi connectivity index (χ1v) is 9.05. The number of halogens is 1. The molecule has 3 atom stereocenters. The van der Waals surface area contributed by atoms with Crippen LogP contribution < -0.4 is 0 Å². The summed E-state index contributed by atoms with van der Waals surface area (Å²) >= 11 is 0. The van der Waals surface area contributed by atoms with Crippen LogP contribution in [0.2, 0.25) is 0 Å². The van der Waals surface area contributed by atoms with E-state index >= 15 is 0 Å². The Hall–Kier alpha value is -1.50. The molecule has 3 fully saturated rings. The molecule has 3 aliphatic heterocycles. The first-order valence-electron chi connectivity index (χ1n) is 9.05. The highest BCUT2D eigenvalue weighted by Gasteiger charge is 2.49. The van der Waals surface area contributed by atoms with Crippen LogP contribution in [0.5, 0.6) is 0 Å². The highest BCUT2D eigenvalue weighted by molar-refractivity contribution is 5.74. The normalized spacial score (nSPS) is 31.1. The standard InChI is InChI=1S/C19H25FN2O3/c1-13(23)22-9-15-8-21(17-11-24-5-6-25-12-17)10-18(15)19(22)14-3-2-4-16(20)7-14/h2-4,7,15,17-19H,5-6,8-12H2,1H3/t15-,18-,19-/m1/s1. The van der Waals surface area contributed by atoms with Gasteiger partial charge >= 0.3 is 0 Å². The minimum absolute atomic E-state index is 0.0455. The quantitative estimate of drug-likeness (QED) is 0.816. The molecule has 3 aliphatic rings. The molecular formula is C19H25FN2O3. The molecule has 136 valence electrons. The van der Waals surface area contributed by atoms with E-state index in [9.17, 15) is 9.18 Å². The largest absolute Gasteiger partial charge is 0.377 e. The van der Waals surface area contributed by atoms with Crippen molar-refractivity contribution in [2.45, 2.75) is 19.0 Å². The van der Waals surface area contributed by atoms with Crippen molar-refractivity contribution in [1.29, 1.82) is 0 Å². The molecule has 1 amide bonds. The highest BCUT2D eigenvalue weighted by atomic mass is 19.1. The second-order valence-electron chi connectivity index (χ2n) is 7.35. The predicted octanol–water partition coefficient (Wildman–Crippen LogP) is 1.69. The van der Waals surface area contributed by atoms with E-state index in [1.165, 1.54) is 6.07 Å². The van der Waals surface area contributed by atoms with Crippen molar-refractivity contribution in [3.63, 3.8) is 0 Å². The molecule has 0 bridgehead atoms. The fourth-order valence-corrected chi connectivity index (χ4v) is 4.63. The second-order valence-corrected chi connectivity index (χ2v) is 7.35. The number of benzene rings is 1. The Bertz CT molecular complexity index is 633. The molecule has 6 heteroatoms. The third kappa shape index (κ3) is 3.30. The number of rotatable bonds is 2. The maximum atomic E-state index is 13.8. The van der Waals surface area contributed by atoms with Gasteiger partial charge < -0.3 is 14.4 Å². The van der Waals surface area contributed by atoms with Crippen molar-refractivity contribution in [2.24, 2.45) is 11.8 Å². The van der Waals surface area contributed by atoms with Crippen molar-refractivity contribution >= 4 is 5.91 Å². The van der Waals surface area contributed by atoms with Crippen molar-refractivity contribution in [1.82, 2.24) is 9.80 Å². The summed E-state index contributed by atoms with van der Waals surface area (Å²) in [5, 5.41) is 0. The number of carbonyl (C=O) groups is 1. The lowest BCUT2D eigenvalue weighted by Gasteiger charge is -2.31. The van der Waals surface area contributed by atoms with Gasteiger partial charge in [-0.15, -0.1) is 0 Å². The average Bonchev–Trinajstić information content (AvgIpc) is 3.01. The van der Waals surface area contributed by atoms with Gasteiger partial charge in [0.25, 0.3) is 0 Å². The maximum absolute atomic E-state index is 13.8. The minimum Gasteiger partial charge on any atom is -0.377 e. The van der Waals surface area contributed by atoms with Crippen LogP contribution in [0.1, 0.15) is 18.5 Å². The first kappa shape index (κ1) is 16.9. The van der Waals surface area contributed by atoms with Crippen molar-refractivity contribution in [3.8, 4) is 0 Å². The second kappa shape index (κ2) is 7.02. The van der Waals surface area contributed by atoms with Crippen LogP contribution in [0.4, 0.5) is 4.39 Å². The number of hydrogen-bond donors (Lipinski definition) is 0. The monoisotopic (exact) mass is 348 g/mol. The predicted molar refractivity (Wildman–Crippen MR) is 90.5 cm³/mol. The third-order valence-corrected chi connectivity index (χ3v) is 5.80. The van der Waals surface area contributed by atoms with Crippen LogP contribution in [0.15, 0.2) is 24.3 Å². The summed E-state index contributed by atoms with van der Waals surface area (Å²) in [4.78, 5) is 16.5. The summed E-state index contributed by atoms with van der Waals surface area (Å²) in [6.45, 7) is 6.89. The molecule has 0 aromatic heterocycles. The molecule has 0 aliphatic carbocycles. The van der Waals surface area contributed by atoms with Crippen molar-refractivity contribution in [2.75, 3.05) is 46.1 Å². The van der Waals surface area contributed by atoms with Gasteiger partial charge in [0.05, 0.1) is 38.5 Å². The maximum Gasteiger partial charge on any atom is 0.219 e. The summed E-state index contributed by atoms with van der Waals surface area (Å²) in [5.41, 5.74) is 0.901. The Morgan fingerprint density at radius 2 is 1.92 bits per heavy atom. The van der Waals surface area contributed by atoms with E-state index < -0.39 is 0 Å². The fraction of sp³-hybridized carbons (Fsp3) is 0.632. The van der Waals surface area contributed by atoms with Gasteiger partial charge in [-0.1, -0.05) is 12.1 Å². The molecule has 1 aromatic rings. The molecule has 1 aromatic carbocycles. The third-order valence-electron chi connectivity index (χ3n) is 5.80. The average molecular weight is 348 g/mol. The van der Waals surface area contributed by atoms with Gasteiger partial charge in [0.2, 0.25) is 5.91 Å². The van der Waals surface area contributed by atoms with E-state index in [0.717, 1.165) is 25.2 Å². The van der Waals surface area contributed by atoms with Crippen LogP contribution >= 0.6 is 0 Å². The molecule has 4 rings (SSSR count). The lowest BCUT2D eigenvalue weighted by atomic mass is 9.89. The van der Waals surface area contributed by atoms with E-state index in [4.69, 9.17) is 9.47 Å². The van der Waals surface area contributed by atoms with Gasteiger partial charge in [0.15, 0.2) is 0 Å². The minimum atomic E-state index is -0.245. The number of ether oxygens (including phenoxy) is 2. The summed E-state index contributed by atoms with van der Waals surface area (Å²) in [7, 11) is 0. The van der Waals surface area contributed by atoms with Crippen LogP contribution in [-0.2, 0) is 14.3 Å². The molecule has 5 nitrogen and oxygen atoms in total. The molecule has 3 heterocycles. The zero-order chi connectivity index (χ0) is 17.4. The smallest absolute Gasteiger partial charge is 0.219 e. The summed E-state index contributed by atoms with van der Waals surface area (Å²) in [5.74, 6) is 0.565. The molecule has 0 spiro atoms. The van der Waals surface area contributed by atoms with Gasteiger partial charge in [0.1, 0.15) is 5.82 Å². The van der Waals surface area contributed by atoms with E-state index in [1.807, 2.05) is 11.0 Å². The number of likely N-dealkylation sites (tertiary alicyclic amines) is 2. The molecule has 3 saturated heterocycles. The summed E-state index contributed by atoms with van der Waals surface area (Å²) < 4.78 is 25.1. The van der Waals surface area contributed by atoms with Crippen LogP contribution in [0, 0.1) is 17.7 Å². The highest BCUT2D eigenvalue weighted by Crippen LogP contribution is 2.45. The fourth-order valence-electron chi connectivity index (χ4n) is 4.63. The SMILES string of the molecule is CC(=O)N1C[C@H]2CN(C3COCCOC3)C[C@H]2[C@H]1c1cccc(F)c1. The molecule has 0 radical (unpaired) electrons. The van der Waals surface area contributed by atoms with Crippen LogP contribution in [0.25, 0.3) is 0 Å². The molecule has 25 heavy (non-hydrogen) atoms. The Morgan fingerprint density at radius 3 is 2.60 bits per heavy atom. The number of fused-ring (bicyclic) bond motifs is 1. The Labute approximate surface area is 147 Å². The summed E-state index contributed by atoms with van der Waals surface area (Å²) in [6, 6.07) is 6.92. The lowest BCUT2D eigenvalue weighted by molar-refractivity contribution is -0.130. The summed E-state index contributed by atoms with van der Waals surface area (Å²) in [6.07, 6.45) is 0. The van der Waals surface area contributed by atoms with Gasteiger partial charge in [-0.3, -0.25) is 9.69 Å². The molecule has 0 saturated carbocycles. The molecule has 0 N–H and O–H groups in total. The number of amides is 1. The van der Waals surface area contributed by atoms with Crippen molar-refractivity contribution < 1.29 is 18.7 Å². The van der Waals surface area contributed by atoms with Gasteiger partial charge in [-0.05, 0) is 23.6 Å². The van der Waals surface area contributed by atoms with Gasteiger partial charge in [-0.2, -0.15) is 0 Å². The molecule has 0 unspecified atom stereocenters. The number of carbonyl (C=O) groups excluding carboxylic acids is 1. The van der Waals surface area contributed by atoms with E-state index in [1.54, 1.807) is 19.1 Å². The topological polar surface area (TPSA) is 42.0 Å². The van der Waals surface area contributed by atoms with E-state index in [0.29, 0.717) is 38.3 Å². The Balaban J connectivity index is 1.56. The van der Waals surface area contributed by atoms with E-state index in [-0.39, 0.29) is 23.8 Å². The van der Waals surface area contributed by atoms with Crippen molar-refractivity contribution in [3.05, 3.63) is 35.6 Å². The van der Waals surface area contributed by atoms with Gasteiger partial charge in [0, 0.05) is 32.5 Å². The number of hydrogen-bond acceptors (Lipinski definition) is 4. The Kier molecular flexibility index (Phi) is 4.75. The zero-order valence-electron chi connectivity index (χ0n) is 14.6. The van der Waals surface area contributed by atoms with Gasteiger partial charge in [-0.25, -0.2) is 4.39 Å². The first-order chi connectivity index (χ1) is 12.1. The lowest BCUT2D eigenvalue weighted by Crippen LogP contribution is -2.42. The zero-order valence-corrected chi connectivity index (χ0v) is 14.6.